The lowest BCUT2D eigenvalue weighted by atomic mass is 9.88. The Hall–Kier alpha value is -1.57. The highest BCUT2D eigenvalue weighted by Crippen LogP contribution is 2.34. The number of carboxylic acids is 1. The molecule has 0 unspecified atom stereocenters. The Morgan fingerprint density at radius 2 is 1.79 bits per heavy atom. The monoisotopic (exact) mass is 258 g/mol. The summed E-state index contributed by atoms with van der Waals surface area (Å²) in [5, 5.41) is 9.02. The molecule has 1 aromatic rings. The van der Waals surface area contributed by atoms with Crippen LogP contribution in [0.3, 0.4) is 0 Å². The van der Waals surface area contributed by atoms with Gasteiger partial charge in [0.25, 0.3) is 0 Å². The van der Waals surface area contributed by atoms with Gasteiger partial charge in [-0.15, -0.1) is 0 Å². The van der Waals surface area contributed by atoms with Gasteiger partial charge in [0.15, 0.2) is 0 Å². The van der Waals surface area contributed by atoms with Gasteiger partial charge in [-0.05, 0) is 42.9 Å². The van der Waals surface area contributed by atoms with Gasteiger partial charge < -0.3 is 5.11 Å². The molecule has 0 spiro atoms. The number of hydrogen-bond acceptors (Lipinski definition) is 1. The van der Waals surface area contributed by atoms with Crippen LogP contribution in [0.2, 0.25) is 0 Å². The van der Waals surface area contributed by atoms with Gasteiger partial charge in [0.1, 0.15) is 0 Å². The summed E-state index contributed by atoms with van der Waals surface area (Å²) in [4.78, 5) is 11.0. The minimum atomic E-state index is -0.837. The van der Waals surface area contributed by atoms with Crippen LogP contribution in [-0.2, 0) is 4.79 Å². The van der Waals surface area contributed by atoms with E-state index in [1.54, 1.807) is 6.92 Å². The Morgan fingerprint density at radius 1 is 1.16 bits per heavy atom. The van der Waals surface area contributed by atoms with Gasteiger partial charge in [-0.1, -0.05) is 49.9 Å². The lowest BCUT2D eigenvalue weighted by molar-refractivity contribution is -0.132. The van der Waals surface area contributed by atoms with Crippen molar-refractivity contribution >= 4 is 12.0 Å². The van der Waals surface area contributed by atoms with Gasteiger partial charge in [-0.3, -0.25) is 0 Å². The van der Waals surface area contributed by atoms with Gasteiger partial charge in [0, 0.05) is 5.57 Å². The second-order valence-electron chi connectivity index (χ2n) is 5.45. The van der Waals surface area contributed by atoms with Gasteiger partial charge >= 0.3 is 5.97 Å². The van der Waals surface area contributed by atoms with Crippen LogP contribution in [0.5, 0.6) is 0 Å². The third-order valence-corrected chi connectivity index (χ3v) is 4.00. The lowest BCUT2D eigenvalue weighted by Crippen LogP contribution is -2.01. The van der Waals surface area contributed by atoms with Crippen LogP contribution >= 0.6 is 0 Å². The maximum absolute atomic E-state index is 11.0. The lowest BCUT2D eigenvalue weighted by Gasteiger charge is -2.17. The van der Waals surface area contributed by atoms with Crippen molar-refractivity contribution in [3.63, 3.8) is 0 Å². The average molecular weight is 258 g/mol. The van der Waals surface area contributed by atoms with Crippen LogP contribution in [0.1, 0.15) is 62.5 Å². The summed E-state index contributed by atoms with van der Waals surface area (Å²) in [7, 11) is 0. The van der Waals surface area contributed by atoms with E-state index in [4.69, 9.17) is 5.11 Å². The number of carbonyl (C=O) groups is 1. The molecule has 2 heteroatoms. The molecule has 102 valence electrons. The van der Waals surface area contributed by atoms with Crippen molar-refractivity contribution in [3.05, 3.63) is 41.0 Å². The molecule has 1 aromatic carbocycles. The first-order chi connectivity index (χ1) is 9.18. The Labute approximate surface area is 115 Å². The van der Waals surface area contributed by atoms with Crippen molar-refractivity contribution in [1.82, 2.24) is 0 Å². The second-order valence-corrected chi connectivity index (χ2v) is 5.45. The summed E-state index contributed by atoms with van der Waals surface area (Å²) < 4.78 is 0. The molecule has 0 radical (unpaired) electrons. The van der Waals surface area contributed by atoms with Crippen molar-refractivity contribution in [2.24, 2.45) is 0 Å². The highest BCUT2D eigenvalue weighted by molar-refractivity contribution is 5.91. The molecular formula is C17H22O2. The molecule has 19 heavy (non-hydrogen) atoms. The molecule has 0 aromatic heterocycles. The molecule has 1 N–H and O–H groups in total. The van der Waals surface area contributed by atoms with E-state index in [2.05, 4.69) is 12.1 Å². The van der Waals surface area contributed by atoms with Crippen molar-refractivity contribution in [2.45, 2.75) is 51.4 Å². The molecular weight excluding hydrogens is 236 g/mol. The van der Waals surface area contributed by atoms with Crippen LogP contribution in [0.15, 0.2) is 29.8 Å². The fourth-order valence-electron chi connectivity index (χ4n) is 2.90. The zero-order chi connectivity index (χ0) is 13.7. The molecule has 2 rings (SSSR count). The normalized spacial score (nSPS) is 18.1. The first kappa shape index (κ1) is 13.9. The van der Waals surface area contributed by atoms with Crippen LogP contribution in [0.4, 0.5) is 0 Å². The van der Waals surface area contributed by atoms with Gasteiger partial charge in [0.05, 0.1) is 0 Å². The summed E-state index contributed by atoms with van der Waals surface area (Å²) >= 11 is 0. The fourth-order valence-corrected chi connectivity index (χ4v) is 2.90. The number of benzene rings is 1. The smallest absolute Gasteiger partial charge is 0.331 e. The molecule has 0 bridgehead atoms. The summed E-state index contributed by atoms with van der Waals surface area (Å²) in [5.41, 5.74) is 2.81. The van der Waals surface area contributed by atoms with E-state index in [0.717, 1.165) is 5.56 Å². The molecule has 0 saturated heterocycles. The maximum Gasteiger partial charge on any atom is 0.331 e. The van der Waals surface area contributed by atoms with Crippen molar-refractivity contribution in [1.29, 1.82) is 0 Å². The van der Waals surface area contributed by atoms with E-state index in [9.17, 15) is 4.79 Å². The van der Waals surface area contributed by atoms with Crippen molar-refractivity contribution in [2.75, 3.05) is 0 Å². The van der Waals surface area contributed by atoms with Gasteiger partial charge in [-0.2, -0.15) is 0 Å². The highest BCUT2D eigenvalue weighted by atomic mass is 16.4. The second kappa shape index (κ2) is 6.55. The van der Waals surface area contributed by atoms with Crippen LogP contribution in [0.25, 0.3) is 6.08 Å². The third kappa shape index (κ3) is 3.69. The largest absolute Gasteiger partial charge is 0.478 e. The van der Waals surface area contributed by atoms with Crippen molar-refractivity contribution in [3.8, 4) is 0 Å². The summed E-state index contributed by atoms with van der Waals surface area (Å²) in [5.74, 6) is -0.243. The first-order valence-electron chi connectivity index (χ1n) is 7.19. The predicted molar refractivity (Wildman–Crippen MR) is 78.2 cm³/mol. The molecule has 1 aliphatic rings. The molecule has 1 fully saturated rings. The summed E-state index contributed by atoms with van der Waals surface area (Å²) in [6.45, 7) is 1.66. The van der Waals surface area contributed by atoms with E-state index in [1.165, 1.54) is 44.1 Å². The number of aliphatic carboxylic acids is 1. The van der Waals surface area contributed by atoms with Crippen LogP contribution in [-0.4, -0.2) is 11.1 Å². The summed E-state index contributed by atoms with van der Waals surface area (Å²) in [6, 6.07) is 8.25. The quantitative estimate of drug-likeness (QED) is 0.635. The van der Waals surface area contributed by atoms with E-state index >= 15 is 0 Å². The molecule has 0 amide bonds. The maximum atomic E-state index is 11.0. The van der Waals surface area contributed by atoms with E-state index < -0.39 is 5.97 Å². The van der Waals surface area contributed by atoms with Crippen molar-refractivity contribution < 1.29 is 9.90 Å². The Bertz CT molecular complexity index is 466. The van der Waals surface area contributed by atoms with Gasteiger partial charge in [-0.25, -0.2) is 4.79 Å². The van der Waals surface area contributed by atoms with Crippen LogP contribution in [0, 0.1) is 0 Å². The first-order valence-corrected chi connectivity index (χ1v) is 7.19. The molecule has 2 nitrogen and oxygen atoms in total. The number of carboxylic acid groups (broad SMARTS) is 1. The molecule has 0 heterocycles. The third-order valence-electron chi connectivity index (χ3n) is 4.00. The Balaban J connectivity index is 2.29. The summed E-state index contributed by atoms with van der Waals surface area (Å²) in [6.07, 6.45) is 9.53. The minimum absolute atomic E-state index is 0.404. The van der Waals surface area contributed by atoms with E-state index in [0.29, 0.717) is 11.5 Å². The highest BCUT2D eigenvalue weighted by Gasteiger charge is 2.16. The van der Waals surface area contributed by atoms with E-state index in [1.807, 2.05) is 18.2 Å². The average Bonchev–Trinajstić information content (AvgIpc) is 2.68. The standard InChI is InChI=1S/C17H22O2/c1-13(17(18)19)12-15-10-6-7-11-16(15)14-8-4-2-3-5-9-14/h6-7,10-12,14H,2-5,8-9H2,1H3,(H,18,19)/b13-12+. The fraction of sp³-hybridized carbons (Fsp3) is 0.471. The van der Waals surface area contributed by atoms with Gasteiger partial charge in [0.2, 0.25) is 0 Å². The van der Waals surface area contributed by atoms with Crippen LogP contribution < -0.4 is 0 Å². The zero-order valence-electron chi connectivity index (χ0n) is 11.6. The van der Waals surface area contributed by atoms with E-state index in [-0.39, 0.29) is 0 Å². The molecule has 1 saturated carbocycles. The predicted octanol–water partition coefficient (Wildman–Crippen LogP) is 4.61. The Kier molecular flexibility index (Phi) is 4.78. The topological polar surface area (TPSA) is 37.3 Å². The SMILES string of the molecule is C/C(=C\c1ccccc1C1CCCCCC1)C(=O)O. The number of hydrogen-bond donors (Lipinski definition) is 1. The minimum Gasteiger partial charge on any atom is -0.478 e. The molecule has 1 aliphatic carbocycles. The Morgan fingerprint density at radius 3 is 2.42 bits per heavy atom. The number of rotatable bonds is 3. The molecule has 0 atom stereocenters. The molecule has 0 aliphatic heterocycles. The zero-order valence-corrected chi connectivity index (χ0v) is 11.6.